The molecule has 6 atom stereocenters. The number of nitrogens with zero attached hydrogens (tertiary/aromatic N) is 2. The quantitative estimate of drug-likeness (QED) is 0.0438. The topological polar surface area (TPSA) is 302 Å². The molecule has 0 spiro atoms. The summed E-state index contributed by atoms with van der Waals surface area (Å²) in [5.41, 5.74) is 17.7. The molecule has 0 aromatic heterocycles. The van der Waals surface area contributed by atoms with Gasteiger partial charge < -0.3 is 53.6 Å². The number of fused-ring (bicyclic) bond motifs is 1. The summed E-state index contributed by atoms with van der Waals surface area (Å²) in [5, 5.41) is 29.3. The van der Waals surface area contributed by atoms with E-state index in [9.17, 15) is 43.8 Å². The molecule has 20 heteroatoms. The Morgan fingerprint density at radius 3 is 2.36 bits per heavy atom. The first kappa shape index (κ1) is 39.9. The molecule has 1 aromatic rings. The van der Waals surface area contributed by atoms with Crippen LogP contribution in [0, 0.1) is 0 Å². The summed E-state index contributed by atoms with van der Waals surface area (Å²) in [6.45, 7) is 0.214. The molecule has 0 aliphatic carbocycles. The van der Waals surface area contributed by atoms with Crippen LogP contribution in [0.3, 0.4) is 0 Å². The molecule has 0 unspecified atom stereocenters. The molecule has 2 aliphatic heterocycles. The van der Waals surface area contributed by atoms with Gasteiger partial charge in [0.25, 0.3) is 0 Å². The Hall–Kier alpha value is -4.56. The van der Waals surface area contributed by atoms with Gasteiger partial charge in [0, 0.05) is 24.6 Å². The molecule has 2 aliphatic rings. The van der Waals surface area contributed by atoms with Crippen LogP contribution in [0.25, 0.3) is 0 Å². The summed E-state index contributed by atoms with van der Waals surface area (Å²) in [7, 11) is 2.03. The van der Waals surface area contributed by atoms with E-state index in [1.807, 2.05) is 6.07 Å². The fourth-order valence-electron chi connectivity index (χ4n) is 5.29. The third-order valence-corrected chi connectivity index (χ3v) is 10.3. The van der Waals surface area contributed by atoms with Gasteiger partial charge in [-0.3, -0.25) is 33.8 Å². The second kappa shape index (κ2) is 19.6. The maximum absolute atomic E-state index is 13.7. The van der Waals surface area contributed by atoms with Gasteiger partial charge in [0.1, 0.15) is 30.2 Å². The van der Waals surface area contributed by atoms with Crippen LogP contribution in [0.5, 0.6) is 0 Å². The van der Waals surface area contributed by atoms with Gasteiger partial charge in [-0.25, -0.2) is 4.79 Å². The van der Waals surface area contributed by atoms with Crippen molar-refractivity contribution in [2.24, 2.45) is 22.2 Å². The maximum atomic E-state index is 13.7. The fourth-order valence-corrected chi connectivity index (χ4v) is 7.61. The van der Waals surface area contributed by atoms with Crippen molar-refractivity contribution in [3.05, 3.63) is 35.9 Å². The number of guanidine groups is 1. The molecule has 0 bridgehead atoms. The molecule has 12 N–H and O–H groups in total. The third-order valence-electron chi connectivity index (χ3n) is 7.85. The highest BCUT2D eigenvalue weighted by Crippen LogP contribution is 2.25. The highest BCUT2D eigenvalue weighted by molar-refractivity contribution is 8.76. The number of hydrogen-bond acceptors (Lipinski definition) is 11. The fraction of sp³-hybridized carbons (Fsp3) is 0.533. The van der Waals surface area contributed by atoms with Gasteiger partial charge >= 0.3 is 11.9 Å². The Morgan fingerprint density at radius 2 is 1.70 bits per heavy atom. The van der Waals surface area contributed by atoms with E-state index in [0.29, 0.717) is 6.42 Å². The Labute approximate surface area is 295 Å². The van der Waals surface area contributed by atoms with Crippen molar-refractivity contribution in [3.8, 4) is 0 Å². The van der Waals surface area contributed by atoms with E-state index in [-0.39, 0.29) is 56.2 Å². The number of carbonyl (C=O) groups excluding carboxylic acids is 5. The normalized spacial score (nSPS) is 22.8. The average Bonchev–Trinajstić information content (AvgIpc) is 3.56. The lowest BCUT2D eigenvalue weighted by Crippen LogP contribution is -2.60. The zero-order valence-corrected chi connectivity index (χ0v) is 28.8. The highest BCUT2D eigenvalue weighted by Gasteiger charge is 2.40. The number of carbonyl (C=O) groups is 7. The van der Waals surface area contributed by atoms with Crippen molar-refractivity contribution in [1.82, 2.24) is 26.2 Å². The number of rotatable bonds is 13. The van der Waals surface area contributed by atoms with Crippen molar-refractivity contribution in [2.75, 3.05) is 24.6 Å². The minimum absolute atomic E-state index is 0.0408. The minimum atomic E-state index is -1.60. The number of benzene rings is 1. The van der Waals surface area contributed by atoms with Gasteiger partial charge in [-0.2, -0.15) is 0 Å². The standard InChI is InChI=1S/C30H43N9O9S2/c31-17(12-16-6-2-1-3-7-16)24(42)35-18(8-4-10-34-30(32)33)25(43)37-20-14-49-50-15-21(29(47)48)38-27(45)22-9-5-11-39(22)28(46)19(13-23(40)41)36-26(20)44/h1-3,6-7,17-22H,4-5,8-15,31H2,(H,35,42)(H,36,44)(H,37,43)(H,38,45)(H,40,41)(H,47,48)(H4,32,33,34)/t17-,18-,19-,20-,21-,22-/m0/s1. The van der Waals surface area contributed by atoms with Crippen LogP contribution in [0.4, 0.5) is 0 Å². The van der Waals surface area contributed by atoms with Crippen LogP contribution < -0.4 is 38.5 Å². The maximum Gasteiger partial charge on any atom is 0.327 e. The van der Waals surface area contributed by atoms with E-state index >= 15 is 0 Å². The van der Waals surface area contributed by atoms with Gasteiger partial charge in [0.15, 0.2) is 5.96 Å². The SMILES string of the molecule is NC(N)=NCCC[C@H](NC(=O)[C@@H](N)Cc1ccccc1)C(=O)N[C@H]1CSSC[C@@H](C(=O)O)NC(=O)[C@@H]2CCCN2C(=O)[C@H](CC(=O)O)NC1=O. The molecule has 50 heavy (non-hydrogen) atoms. The molecular formula is C30H43N9O9S2. The van der Waals surface area contributed by atoms with Crippen molar-refractivity contribution in [1.29, 1.82) is 0 Å². The summed E-state index contributed by atoms with van der Waals surface area (Å²) in [5.74, 6) is -7.01. The molecule has 0 saturated carbocycles. The zero-order valence-electron chi connectivity index (χ0n) is 27.1. The first-order chi connectivity index (χ1) is 23.8. The van der Waals surface area contributed by atoms with E-state index in [2.05, 4.69) is 26.3 Å². The lowest BCUT2D eigenvalue weighted by atomic mass is 10.0. The average molecular weight is 738 g/mol. The molecule has 2 fully saturated rings. The molecule has 2 saturated heterocycles. The molecule has 0 radical (unpaired) electrons. The van der Waals surface area contributed by atoms with Crippen molar-refractivity contribution >= 4 is 69.0 Å². The smallest absolute Gasteiger partial charge is 0.327 e. The molecular weight excluding hydrogens is 695 g/mol. The Kier molecular flexibility index (Phi) is 15.6. The number of nitrogens with one attached hydrogen (secondary N) is 4. The predicted molar refractivity (Wildman–Crippen MR) is 185 cm³/mol. The van der Waals surface area contributed by atoms with Crippen LogP contribution in [0.1, 0.15) is 37.7 Å². The first-order valence-electron chi connectivity index (χ1n) is 15.8. The summed E-state index contributed by atoms with van der Waals surface area (Å²) in [6, 6.07) is 1.42. The Bertz CT molecular complexity index is 1430. The van der Waals surface area contributed by atoms with Gasteiger partial charge in [0.2, 0.25) is 29.5 Å². The van der Waals surface area contributed by atoms with Crippen LogP contribution in [0.2, 0.25) is 0 Å². The van der Waals surface area contributed by atoms with Crippen LogP contribution in [-0.2, 0) is 40.0 Å². The molecule has 274 valence electrons. The van der Waals surface area contributed by atoms with Gasteiger partial charge in [0.05, 0.1) is 12.5 Å². The molecule has 18 nitrogen and oxygen atoms in total. The highest BCUT2D eigenvalue weighted by atomic mass is 33.1. The lowest BCUT2D eigenvalue weighted by Gasteiger charge is -2.30. The summed E-state index contributed by atoms with van der Waals surface area (Å²) in [4.78, 5) is 95.7. The van der Waals surface area contributed by atoms with Gasteiger partial charge in [-0.1, -0.05) is 51.9 Å². The predicted octanol–water partition coefficient (Wildman–Crippen LogP) is -2.51. The number of aliphatic imine (C=N–C) groups is 1. The first-order valence-corrected chi connectivity index (χ1v) is 18.3. The van der Waals surface area contributed by atoms with Crippen molar-refractivity contribution in [3.63, 3.8) is 0 Å². The van der Waals surface area contributed by atoms with Crippen molar-refractivity contribution < 1.29 is 43.8 Å². The van der Waals surface area contributed by atoms with Crippen molar-refractivity contribution in [2.45, 2.75) is 74.8 Å². The molecule has 3 rings (SSSR count). The number of carboxylic acid groups (broad SMARTS) is 2. The van der Waals surface area contributed by atoms with E-state index in [4.69, 9.17) is 17.2 Å². The summed E-state index contributed by atoms with van der Waals surface area (Å²) >= 11 is 0. The Balaban J connectivity index is 1.85. The van der Waals surface area contributed by atoms with Crippen LogP contribution in [-0.4, -0.2) is 123 Å². The summed E-state index contributed by atoms with van der Waals surface area (Å²) < 4.78 is 0. The Morgan fingerprint density at radius 1 is 1.00 bits per heavy atom. The minimum Gasteiger partial charge on any atom is -0.481 e. The van der Waals surface area contributed by atoms with Crippen LogP contribution >= 0.6 is 21.6 Å². The molecule has 2 heterocycles. The van der Waals surface area contributed by atoms with E-state index in [1.54, 1.807) is 24.3 Å². The van der Waals surface area contributed by atoms with E-state index in [1.165, 1.54) is 0 Å². The van der Waals surface area contributed by atoms with E-state index in [0.717, 1.165) is 32.1 Å². The molecule has 1 aromatic carbocycles. The monoisotopic (exact) mass is 737 g/mol. The van der Waals surface area contributed by atoms with Gasteiger partial charge in [-0.05, 0) is 37.7 Å². The number of aliphatic carboxylic acids is 2. The van der Waals surface area contributed by atoms with E-state index < -0.39 is 84.1 Å². The third kappa shape index (κ3) is 12.4. The second-order valence-corrected chi connectivity index (χ2v) is 14.2. The molecule has 5 amide bonds. The van der Waals surface area contributed by atoms with Crippen LogP contribution in [0.15, 0.2) is 35.3 Å². The largest absolute Gasteiger partial charge is 0.481 e. The zero-order chi connectivity index (χ0) is 36.8. The number of nitrogens with two attached hydrogens (primary N) is 3. The second-order valence-electron chi connectivity index (χ2n) is 11.7. The number of carboxylic acids is 2. The number of amides is 5. The van der Waals surface area contributed by atoms with Gasteiger partial charge in [-0.15, -0.1) is 0 Å². The summed E-state index contributed by atoms with van der Waals surface area (Å²) in [6.07, 6.45) is 0.258. The number of hydrogen-bond donors (Lipinski definition) is 9. The lowest BCUT2D eigenvalue weighted by molar-refractivity contribution is -0.147.